The highest BCUT2D eigenvalue weighted by Crippen LogP contribution is 2.31. The van der Waals surface area contributed by atoms with Gasteiger partial charge in [0.05, 0.1) is 19.4 Å². The van der Waals surface area contributed by atoms with Crippen molar-refractivity contribution in [2.45, 2.75) is 20.8 Å². The third kappa shape index (κ3) is 4.20. The highest BCUT2D eigenvalue weighted by Gasteiger charge is 2.36. The van der Waals surface area contributed by atoms with Crippen LogP contribution in [0.15, 0.2) is 60.2 Å². The molecule has 2 aromatic carbocycles. The Kier molecular flexibility index (Phi) is 6.51. The summed E-state index contributed by atoms with van der Waals surface area (Å²) in [6.45, 7) is 6.47. The fourth-order valence-electron chi connectivity index (χ4n) is 4.04. The summed E-state index contributed by atoms with van der Waals surface area (Å²) >= 11 is 5.31. The number of carbonyl (C=O) groups is 2. The van der Waals surface area contributed by atoms with E-state index in [1.165, 1.54) is 12.0 Å². The number of rotatable bonds is 6. The van der Waals surface area contributed by atoms with Gasteiger partial charge in [0.15, 0.2) is 5.11 Å². The minimum atomic E-state index is -0.535. The number of aryl methyl sites for hydroxylation is 1. The largest absolute Gasteiger partial charge is 0.495 e. The van der Waals surface area contributed by atoms with Gasteiger partial charge in [0.1, 0.15) is 17.1 Å². The molecule has 34 heavy (non-hydrogen) atoms. The number of nitrogens with one attached hydrogen (secondary N) is 1. The second-order valence-corrected chi connectivity index (χ2v) is 8.11. The maximum absolute atomic E-state index is 13.4. The molecule has 7 nitrogen and oxygen atoms in total. The summed E-state index contributed by atoms with van der Waals surface area (Å²) in [7, 11) is 1.52. The molecular formula is C26H25N3O4S. The van der Waals surface area contributed by atoms with Gasteiger partial charge in [-0.05, 0) is 87.1 Å². The molecular weight excluding hydrogens is 450 g/mol. The van der Waals surface area contributed by atoms with E-state index in [2.05, 4.69) is 9.88 Å². The fourth-order valence-corrected chi connectivity index (χ4v) is 4.31. The standard InChI is InChI=1S/C26H25N3O4S/c1-5-33-20-12-10-19(11-13-20)28-16(2)14-18(17(28)3)15-21-24(30)27-26(34)29(25(21)31)22-8-6-7-9-23(22)32-4/h6-15H,5H2,1-4H3,(H,27,30,34)/b21-15+. The number of ether oxygens (including phenoxy) is 2. The lowest BCUT2D eigenvalue weighted by molar-refractivity contribution is -0.122. The number of thiocarbonyl (C=S) groups is 1. The molecule has 0 spiro atoms. The van der Waals surface area contributed by atoms with Crippen molar-refractivity contribution in [2.75, 3.05) is 18.6 Å². The van der Waals surface area contributed by atoms with Crippen LogP contribution in [0.5, 0.6) is 11.5 Å². The van der Waals surface area contributed by atoms with Crippen LogP contribution in [0.4, 0.5) is 5.69 Å². The van der Waals surface area contributed by atoms with Crippen LogP contribution in [0.2, 0.25) is 0 Å². The number of benzene rings is 2. The number of carbonyl (C=O) groups excluding carboxylic acids is 2. The van der Waals surface area contributed by atoms with Gasteiger partial charge in [0, 0.05) is 17.1 Å². The minimum absolute atomic E-state index is 0.00792. The Bertz CT molecular complexity index is 1310. The zero-order valence-corrected chi connectivity index (χ0v) is 20.2. The molecule has 2 heterocycles. The summed E-state index contributed by atoms with van der Waals surface area (Å²) in [5.41, 5.74) is 4.04. The molecule has 1 N–H and O–H groups in total. The predicted molar refractivity (Wildman–Crippen MR) is 136 cm³/mol. The molecule has 1 aliphatic heterocycles. The number of hydrogen-bond acceptors (Lipinski definition) is 5. The van der Waals surface area contributed by atoms with Gasteiger partial charge >= 0.3 is 0 Å². The molecule has 0 saturated carbocycles. The van der Waals surface area contributed by atoms with Crippen molar-refractivity contribution in [3.05, 3.63) is 77.1 Å². The van der Waals surface area contributed by atoms with E-state index in [0.29, 0.717) is 18.0 Å². The average molecular weight is 476 g/mol. The summed E-state index contributed by atoms with van der Waals surface area (Å²) in [6, 6.07) is 16.7. The van der Waals surface area contributed by atoms with Gasteiger partial charge in [-0.15, -0.1) is 0 Å². The molecule has 2 amide bonds. The van der Waals surface area contributed by atoms with Crippen LogP contribution in [-0.4, -0.2) is 35.2 Å². The highest BCUT2D eigenvalue weighted by molar-refractivity contribution is 7.80. The van der Waals surface area contributed by atoms with Crippen LogP contribution >= 0.6 is 12.2 Å². The topological polar surface area (TPSA) is 72.8 Å². The smallest absolute Gasteiger partial charge is 0.270 e. The van der Waals surface area contributed by atoms with Gasteiger partial charge in [0.25, 0.3) is 11.8 Å². The highest BCUT2D eigenvalue weighted by atomic mass is 32.1. The Morgan fingerprint density at radius 1 is 1.06 bits per heavy atom. The molecule has 4 rings (SSSR count). The van der Waals surface area contributed by atoms with E-state index in [4.69, 9.17) is 21.7 Å². The van der Waals surface area contributed by atoms with E-state index in [9.17, 15) is 9.59 Å². The fraction of sp³-hybridized carbons (Fsp3) is 0.192. The SMILES string of the molecule is CCOc1ccc(-n2c(C)cc(/C=C3\C(=O)NC(=S)N(c4ccccc4OC)C3=O)c2C)cc1. The van der Waals surface area contributed by atoms with Gasteiger partial charge in [-0.3, -0.25) is 14.9 Å². The lowest BCUT2D eigenvalue weighted by atomic mass is 10.1. The Morgan fingerprint density at radius 3 is 2.44 bits per heavy atom. The number of aromatic nitrogens is 1. The average Bonchev–Trinajstić information content (AvgIpc) is 3.10. The van der Waals surface area contributed by atoms with Gasteiger partial charge in [-0.2, -0.15) is 0 Å². The number of hydrogen-bond donors (Lipinski definition) is 1. The van der Waals surface area contributed by atoms with Crippen LogP contribution in [0.25, 0.3) is 11.8 Å². The third-order valence-corrected chi connectivity index (χ3v) is 5.89. The first-order valence-corrected chi connectivity index (χ1v) is 11.2. The van der Waals surface area contributed by atoms with Crippen molar-refractivity contribution in [1.29, 1.82) is 0 Å². The van der Waals surface area contributed by atoms with Crippen LogP contribution in [0, 0.1) is 13.8 Å². The van der Waals surface area contributed by atoms with E-state index >= 15 is 0 Å². The summed E-state index contributed by atoms with van der Waals surface area (Å²) in [5.74, 6) is 0.228. The summed E-state index contributed by atoms with van der Waals surface area (Å²) in [4.78, 5) is 27.5. The maximum Gasteiger partial charge on any atom is 0.270 e. The minimum Gasteiger partial charge on any atom is -0.495 e. The van der Waals surface area contributed by atoms with E-state index in [0.717, 1.165) is 28.4 Å². The zero-order chi connectivity index (χ0) is 24.4. The molecule has 1 fully saturated rings. The van der Waals surface area contributed by atoms with Crippen molar-refractivity contribution in [2.24, 2.45) is 0 Å². The third-order valence-electron chi connectivity index (χ3n) is 5.60. The zero-order valence-electron chi connectivity index (χ0n) is 19.4. The molecule has 0 aliphatic carbocycles. The van der Waals surface area contributed by atoms with Crippen molar-refractivity contribution < 1.29 is 19.1 Å². The maximum atomic E-state index is 13.4. The van der Waals surface area contributed by atoms with E-state index in [1.54, 1.807) is 30.3 Å². The molecule has 3 aromatic rings. The molecule has 174 valence electrons. The number of nitrogens with zero attached hydrogens (tertiary/aromatic N) is 2. The Hall–Kier alpha value is -3.91. The molecule has 0 radical (unpaired) electrons. The number of methoxy groups -OCH3 is 1. The first-order valence-electron chi connectivity index (χ1n) is 10.8. The first-order chi connectivity index (χ1) is 16.3. The first kappa shape index (κ1) is 23.3. The molecule has 8 heteroatoms. The lowest BCUT2D eigenvalue weighted by Crippen LogP contribution is -2.54. The Labute approximate surface area is 203 Å². The number of para-hydroxylation sites is 2. The van der Waals surface area contributed by atoms with Crippen molar-refractivity contribution >= 4 is 40.9 Å². The van der Waals surface area contributed by atoms with E-state index in [-0.39, 0.29) is 10.7 Å². The lowest BCUT2D eigenvalue weighted by Gasteiger charge is -2.29. The predicted octanol–water partition coefficient (Wildman–Crippen LogP) is 4.33. The molecule has 0 atom stereocenters. The van der Waals surface area contributed by atoms with Crippen LogP contribution in [-0.2, 0) is 9.59 Å². The van der Waals surface area contributed by atoms with Gasteiger partial charge in [0.2, 0.25) is 0 Å². The summed E-state index contributed by atoms with van der Waals surface area (Å²) in [6.07, 6.45) is 1.61. The van der Waals surface area contributed by atoms with Gasteiger partial charge in [-0.1, -0.05) is 12.1 Å². The molecule has 1 saturated heterocycles. The van der Waals surface area contributed by atoms with Crippen LogP contribution < -0.4 is 19.7 Å². The molecule has 1 aliphatic rings. The second kappa shape index (κ2) is 9.52. The van der Waals surface area contributed by atoms with E-state index in [1.807, 2.05) is 51.1 Å². The Morgan fingerprint density at radius 2 is 1.76 bits per heavy atom. The van der Waals surface area contributed by atoms with Gasteiger partial charge < -0.3 is 14.0 Å². The van der Waals surface area contributed by atoms with Crippen molar-refractivity contribution in [3.8, 4) is 17.2 Å². The van der Waals surface area contributed by atoms with Crippen LogP contribution in [0.1, 0.15) is 23.9 Å². The molecule has 0 bridgehead atoms. The summed E-state index contributed by atoms with van der Waals surface area (Å²) < 4.78 is 13.0. The van der Waals surface area contributed by atoms with Crippen molar-refractivity contribution in [3.63, 3.8) is 0 Å². The summed E-state index contributed by atoms with van der Waals surface area (Å²) in [5, 5.41) is 2.63. The van der Waals surface area contributed by atoms with Crippen LogP contribution in [0.3, 0.4) is 0 Å². The monoisotopic (exact) mass is 475 g/mol. The van der Waals surface area contributed by atoms with E-state index < -0.39 is 11.8 Å². The second-order valence-electron chi connectivity index (χ2n) is 7.72. The number of anilines is 1. The quantitative estimate of drug-likeness (QED) is 0.326. The van der Waals surface area contributed by atoms with Crippen molar-refractivity contribution in [1.82, 2.24) is 9.88 Å². The normalized spacial score (nSPS) is 15.0. The molecule has 1 aromatic heterocycles. The molecule has 0 unspecified atom stereocenters. The number of amides is 2. The van der Waals surface area contributed by atoms with Gasteiger partial charge in [-0.25, -0.2) is 4.90 Å². The Balaban J connectivity index is 1.73.